The first-order valence-electron chi connectivity index (χ1n) is 7.22. The van der Waals surface area contributed by atoms with Gasteiger partial charge in [-0.2, -0.15) is 0 Å². The fourth-order valence-electron chi connectivity index (χ4n) is 2.59. The third-order valence-corrected chi connectivity index (χ3v) is 4.33. The zero-order valence-corrected chi connectivity index (χ0v) is 13.5. The average Bonchev–Trinajstić information content (AvgIpc) is 3.00. The number of nitrogens with one attached hydrogen (secondary N) is 2. The average molecular weight is 338 g/mol. The van der Waals surface area contributed by atoms with E-state index in [9.17, 15) is 0 Å². The number of anilines is 4. The lowest BCUT2D eigenvalue weighted by Crippen LogP contribution is -2.17. The fraction of sp³-hybridized carbons (Fsp3) is 0.333. The molecule has 0 atom stereocenters. The highest BCUT2D eigenvalue weighted by molar-refractivity contribution is 6.35. The van der Waals surface area contributed by atoms with E-state index < -0.39 is 0 Å². The Labute approximate surface area is 139 Å². The third kappa shape index (κ3) is 3.36. The van der Waals surface area contributed by atoms with Crippen molar-refractivity contribution in [3.05, 3.63) is 34.6 Å². The number of hydrogen-bond acceptors (Lipinski definition) is 5. The van der Waals surface area contributed by atoms with E-state index >= 15 is 0 Å². The SMILES string of the molecule is Nc1c(Nc2cc(Cl)ccc2Cl)ncnc1NC1CCCC1. The molecule has 4 N–H and O–H groups in total. The number of nitrogen functional groups attached to an aromatic ring is 1. The van der Waals surface area contributed by atoms with Crippen molar-refractivity contribution in [2.24, 2.45) is 0 Å². The normalized spacial score (nSPS) is 15.0. The molecule has 0 amide bonds. The van der Waals surface area contributed by atoms with Gasteiger partial charge in [-0.3, -0.25) is 0 Å². The highest BCUT2D eigenvalue weighted by Crippen LogP contribution is 2.32. The largest absolute Gasteiger partial charge is 0.393 e. The van der Waals surface area contributed by atoms with E-state index in [1.165, 1.54) is 19.2 Å². The molecule has 5 nitrogen and oxygen atoms in total. The van der Waals surface area contributed by atoms with E-state index in [4.69, 9.17) is 28.9 Å². The molecule has 22 heavy (non-hydrogen) atoms. The molecule has 2 aromatic rings. The number of aromatic nitrogens is 2. The minimum atomic E-state index is 0.430. The maximum Gasteiger partial charge on any atom is 0.159 e. The summed E-state index contributed by atoms with van der Waals surface area (Å²) in [5.41, 5.74) is 7.31. The maximum atomic E-state index is 6.17. The minimum Gasteiger partial charge on any atom is -0.393 e. The van der Waals surface area contributed by atoms with Gasteiger partial charge in [-0.25, -0.2) is 9.97 Å². The van der Waals surface area contributed by atoms with Gasteiger partial charge in [-0.1, -0.05) is 36.0 Å². The number of nitrogens with zero attached hydrogens (tertiary/aromatic N) is 2. The van der Waals surface area contributed by atoms with E-state index in [0.29, 0.717) is 39.1 Å². The molecule has 3 rings (SSSR count). The standard InChI is InChI=1S/C15H17Cl2N5/c16-9-5-6-11(17)12(7-9)22-15-13(18)14(19-8-20-15)21-10-3-1-2-4-10/h5-8,10H,1-4,18H2,(H2,19,20,21,22). The number of rotatable bonds is 4. The van der Waals surface area contributed by atoms with Crippen molar-refractivity contribution in [3.63, 3.8) is 0 Å². The summed E-state index contributed by atoms with van der Waals surface area (Å²) in [6.45, 7) is 0. The van der Waals surface area contributed by atoms with Crippen molar-refractivity contribution in [2.45, 2.75) is 31.7 Å². The summed E-state index contributed by atoms with van der Waals surface area (Å²) in [6.07, 6.45) is 6.25. The van der Waals surface area contributed by atoms with Crippen LogP contribution in [0.4, 0.5) is 23.0 Å². The molecular weight excluding hydrogens is 321 g/mol. The molecule has 1 fully saturated rings. The van der Waals surface area contributed by atoms with Crippen LogP contribution in [0.2, 0.25) is 10.0 Å². The molecule has 116 valence electrons. The van der Waals surface area contributed by atoms with E-state index in [1.54, 1.807) is 18.2 Å². The van der Waals surface area contributed by atoms with Gasteiger partial charge in [0.1, 0.15) is 12.0 Å². The van der Waals surface area contributed by atoms with Crippen LogP contribution in [-0.2, 0) is 0 Å². The summed E-state index contributed by atoms with van der Waals surface area (Å²) in [7, 11) is 0. The lowest BCUT2D eigenvalue weighted by Gasteiger charge is -2.16. The van der Waals surface area contributed by atoms with Gasteiger partial charge < -0.3 is 16.4 Å². The molecule has 7 heteroatoms. The van der Waals surface area contributed by atoms with Gasteiger partial charge in [0.2, 0.25) is 0 Å². The van der Waals surface area contributed by atoms with Gasteiger partial charge in [0.25, 0.3) is 0 Å². The van der Waals surface area contributed by atoms with E-state index in [2.05, 4.69) is 20.6 Å². The van der Waals surface area contributed by atoms with Gasteiger partial charge in [0.15, 0.2) is 11.6 Å². The maximum absolute atomic E-state index is 6.17. The van der Waals surface area contributed by atoms with E-state index in [1.807, 2.05) is 0 Å². The van der Waals surface area contributed by atoms with Gasteiger partial charge >= 0.3 is 0 Å². The van der Waals surface area contributed by atoms with Gasteiger partial charge in [-0.05, 0) is 31.0 Å². The topological polar surface area (TPSA) is 75.9 Å². The Morgan fingerprint density at radius 1 is 1.09 bits per heavy atom. The Balaban J connectivity index is 1.83. The fourth-order valence-corrected chi connectivity index (χ4v) is 2.93. The summed E-state index contributed by atoms with van der Waals surface area (Å²) >= 11 is 12.1. The summed E-state index contributed by atoms with van der Waals surface area (Å²) in [6, 6.07) is 5.61. The Hall–Kier alpha value is -1.72. The molecule has 1 aromatic heterocycles. The second-order valence-electron chi connectivity index (χ2n) is 5.36. The predicted molar refractivity (Wildman–Crippen MR) is 92.1 cm³/mol. The quantitative estimate of drug-likeness (QED) is 0.767. The van der Waals surface area contributed by atoms with Crippen molar-refractivity contribution in [3.8, 4) is 0 Å². The molecule has 0 aliphatic heterocycles. The van der Waals surface area contributed by atoms with Gasteiger partial charge in [0.05, 0.1) is 10.7 Å². The van der Waals surface area contributed by atoms with Crippen LogP contribution in [0.25, 0.3) is 0 Å². The van der Waals surface area contributed by atoms with Gasteiger partial charge in [-0.15, -0.1) is 0 Å². The number of halogens is 2. The van der Waals surface area contributed by atoms with Crippen LogP contribution in [0, 0.1) is 0 Å². The summed E-state index contributed by atoms with van der Waals surface area (Å²) in [5, 5.41) is 7.64. The molecule has 0 saturated heterocycles. The van der Waals surface area contributed by atoms with Crippen LogP contribution in [0.3, 0.4) is 0 Å². The minimum absolute atomic E-state index is 0.430. The molecule has 0 spiro atoms. The highest BCUT2D eigenvalue weighted by atomic mass is 35.5. The van der Waals surface area contributed by atoms with Crippen LogP contribution in [0.15, 0.2) is 24.5 Å². The lowest BCUT2D eigenvalue weighted by atomic mass is 10.2. The molecule has 1 aliphatic rings. The Kier molecular flexibility index (Phi) is 4.55. The first-order chi connectivity index (χ1) is 10.6. The van der Waals surface area contributed by atoms with Crippen LogP contribution < -0.4 is 16.4 Å². The smallest absolute Gasteiger partial charge is 0.159 e. The highest BCUT2D eigenvalue weighted by Gasteiger charge is 2.17. The van der Waals surface area contributed by atoms with Crippen molar-refractivity contribution in [1.82, 2.24) is 9.97 Å². The zero-order chi connectivity index (χ0) is 15.5. The molecule has 1 aliphatic carbocycles. The summed E-state index contributed by atoms with van der Waals surface area (Å²) < 4.78 is 0. The van der Waals surface area contributed by atoms with Crippen molar-refractivity contribution < 1.29 is 0 Å². The third-order valence-electron chi connectivity index (χ3n) is 3.76. The summed E-state index contributed by atoms with van der Waals surface area (Å²) in [4.78, 5) is 8.43. The summed E-state index contributed by atoms with van der Waals surface area (Å²) in [5.74, 6) is 1.17. The second kappa shape index (κ2) is 6.58. The van der Waals surface area contributed by atoms with Crippen molar-refractivity contribution in [1.29, 1.82) is 0 Å². The molecular formula is C15H17Cl2N5. The predicted octanol–water partition coefficient (Wildman–Crippen LogP) is 4.46. The lowest BCUT2D eigenvalue weighted by molar-refractivity contribution is 0.750. The second-order valence-corrected chi connectivity index (χ2v) is 6.20. The Bertz CT molecular complexity index is 671. The Morgan fingerprint density at radius 3 is 2.59 bits per heavy atom. The molecule has 0 unspecified atom stereocenters. The number of hydrogen-bond donors (Lipinski definition) is 3. The first-order valence-corrected chi connectivity index (χ1v) is 7.98. The van der Waals surface area contributed by atoms with E-state index in [-0.39, 0.29) is 0 Å². The zero-order valence-electron chi connectivity index (χ0n) is 11.9. The molecule has 1 aromatic carbocycles. The van der Waals surface area contributed by atoms with Crippen LogP contribution in [0.1, 0.15) is 25.7 Å². The van der Waals surface area contributed by atoms with E-state index in [0.717, 1.165) is 12.8 Å². The Morgan fingerprint density at radius 2 is 1.82 bits per heavy atom. The van der Waals surface area contributed by atoms with Crippen LogP contribution in [-0.4, -0.2) is 16.0 Å². The monoisotopic (exact) mass is 337 g/mol. The number of benzene rings is 1. The number of nitrogens with two attached hydrogens (primary N) is 1. The van der Waals surface area contributed by atoms with Crippen LogP contribution in [0.5, 0.6) is 0 Å². The molecule has 0 bridgehead atoms. The first kappa shape index (κ1) is 15.2. The molecule has 0 radical (unpaired) electrons. The van der Waals surface area contributed by atoms with Crippen LogP contribution >= 0.6 is 23.2 Å². The molecule has 1 saturated carbocycles. The van der Waals surface area contributed by atoms with Gasteiger partial charge in [0, 0.05) is 11.1 Å². The van der Waals surface area contributed by atoms with Crippen molar-refractivity contribution in [2.75, 3.05) is 16.4 Å². The van der Waals surface area contributed by atoms with Crippen molar-refractivity contribution >= 4 is 46.2 Å². The molecule has 1 heterocycles.